The fourth-order valence-corrected chi connectivity index (χ4v) is 4.05. The van der Waals surface area contributed by atoms with Crippen molar-refractivity contribution in [2.24, 2.45) is 16.7 Å². The van der Waals surface area contributed by atoms with E-state index < -0.39 is 10.0 Å². The highest BCUT2D eigenvalue weighted by Gasteiger charge is 2.64. The topological polar surface area (TPSA) is 74.0 Å². The third-order valence-corrected chi connectivity index (χ3v) is 6.59. The van der Waals surface area contributed by atoms with Crippen molar-refractivity contribution in [1.29, 1.82) is 0 Å². The molecule has 5 nitrogen and oxygen atoms in total. The van der Waals surface area contributed by atoms with Gasteiger partial charge in [0.1, 0.15) is 0 Å². The van der Waals surface area contributed by atoms with E-state index in [1.54, 1.807) is 6.07 Å². The number of nitrogens with one attached hydrogen (secondary N) is 3. The Bertz CT molecular complexity index is 573. The Kier molecular flexibility index (Phi) is 3.77. The number of aromatic nitrogens is 1. The Hall–Kier alpha value is -0.850. The molecule has 20 heavy (non-hydrogen) atoms. The van der Waals surface area contributed by atoms with Crippen LogP contribution in [0.2, 0.25) is 0 Å². The van der Waals surface area contributed by atoms with Crippen molar-refractivity contribution < 1.29 is 8.42 Å². The molecule has 0 bridgehead atoms. The zero-order chi connectivity index (χ0) is 15.2. The molecule has 1 heterocycles. The highest BCUT2D eigenvalue weighted by Crippen LogP contribution is 2.67. The third kappa shape index (κ3) is 2.52. The van der Waals surface area contributed by atoms with Gasteiger partial charge in [0.15, 0.2) is 0 Å². The maximum Gasteiger partial charge on any atom is 0.242 e. The van der Waals surface area contributed by atoms with E-state index >= 15 is 0 Å². The summed E-state index contributed by atoms with van der Waals surface area (Å²) in [6.07, 6.45) is 1.54. The number of sulfonamides is 1. The van der Waals surface area contributed by atoms with E-state index in [-0.39, 0.29) is 10.8 Å². The largest absolute Gasteiger partial charge is 0.363 e. The first kappa shape index (κ1) is 15.5. The lowest BCUT2D eigenvalue weighted by Crippen LogP contribution is -2.27. The van der Waals surface area contributed by atoms with Crippen molar-refractivity contribution in [2.75, 3.05) is 13.6 Å². The lowest BCUT2D eigenvalue weighted by Gasteiger charge is -2.06. The third-order valence-electron chi connectivity index (χ3n) is 5.19. The van der Waals surface area contributed by atoms with Gasteiger partial charge in [-0.1, -0.05) is 27.7 Å². The van der Waals surface area contributed by atoms with Crippen LogP contribution in [0.5, 0.6) is 0 Å². The predicted molar refractivity (Wildman–Crippen MR) is 79.8 cm³/mol. The average molecular weight is 299 g/mol. The van der Waals surface area contributed by atoms with Crippen LogP contribution in [0.3, 0.4) is 0 Å². The van der Waals surface area contributed by atoms with Crippen LogP contribution in [0.25, 0.3) is 0 Å². The average Bonchev–Trinajstić information content (AvgIpc) is 2.72. The number of hydrogen-bond donors (Lipinski definition) is 3. The first-order valence-electron chi connectivity index (χ1n) is 6.94. The summed E-state index contributed by atoms with van der Waals surface area (Å²) in [4.78, 5) is 3.27. The minimum atomic E-state index is -3.42. The summed E-state index contributed by atoms with van der Waals surface area (Å²) in [6.45, 7) is 9.87. The fourth-order valence-electron chi connectivity index (χ4n) is 2.99. The van der Waals surface area contributed by atoms with Crippen molar-refractivity contribution in [3.8, 4) is 0 Å². The zero-order valence-corrected chi connectivity index (χ0v) is 13.7. The smallest absolute Gasteiger partial charge is 0.242 e. The van der Waals surface area contributed by atoms with Crippen LogP contribution in [0, 0.1) is 16.7 Å². The van der Waals surface area contributed by atoms with Gasteiger partial charge in [-0.3, -0.25) is 0 Å². The van der Waals surface area contributed by atoms with Gasteiger partial charge in [-0.05, 0) is 29.9 Å². The van der Waals surface area contributed by atoms with E-state index in [0.717, 1.165) is 5.69 Å². The minimum absolute atomic E-state index is 0.185. The van der Waals surface area contributed by atoms with Crippen molar-refractivity contribution in [3.05, 3.63) is 18.0 Å². The first-order valence-corrected chi connectivity index (χ1v) is 8.43. The van der Waals surface area contributed by atoms with Gasteiger partial charge < -0.3 is 10.3 Å². The molecular formula is C14H25N3O2S. The van der Waals surface area contributed by atoms with Crippen molar-refractivity contribution >= 4 is 10.0 Å². The standard InChI is InChI=1S/C14H25N3O2S/c1-13(2)12(14(13,3)4)9-17-20(18,19)11-6-10(7-15-5)16-8-11/h6,8,12,15-17H,7,9H2,1-5H3. The molecule has 0 unspecified atom stereocenters. The molecule has 0 atom stereocenters. The molecule has 6 heteroatoms. The molecule has 1 aliphatic carbocycles. The lowest BCUT2D eigenvalue weighted by molar-refractivity contribution is 0.457. The quantitative estimate of drug-likeness (QED) is 0.748. The van der Waals surface area contributed by atoms with Crippen molar-refractivity contribution in [3.63, 3.8) is 0 Å². The van der Waals surface area contributed by atoms with Gasteiger partial charge in [0.05, 0.1) is 4.90 Å². The molecule has 2 rings (SSSR count). The van der Waals surface area contributed by atoms with Crippen LogP contribution >= 0.6 is 0 Å². The molecule has 1 aromatic rings. The van der Waals surface area contributed by atoms with Crippen LogP contribution in [-0.4, -0.2) is 27.0 Å². The lowest BCUT2D eigenvalue weighted by atomic mass is 10.0. The zero-order valence-electron chi connectivity index (χ0n) is 12.9. The van der Waals surface area contributed by atoms with Crippen LogP contribution < -0.4 is 10.0 Å². The summed E-state index contributed by atoms with van der Waals surface area (Å²) in [7, 11) is -1.60. The second-order valence-electron chi connectivity index (χ2n) is 6.74. The molecule has 0 aliphatic heterocycles. The summed E-state index contributed by atoms with van der Waals surface area (Å²) in [6, 6.07) is 1.67. The van der Waals surface area contributed by atoms with Crippen LogP contribution in [-0.2, 0) is 16.6 Å². The summed E-state index contributed by atoms with van der Waals surface area (Å²) in [5, 5.41) is 2.98. The van der Waals surface area contributed by atoms with E-state index in [1.807, 2.05) is 7.05 Å². The van der Waals surface area contributed by atoms with E-state index in [9.17, 15) is 8.42 Å². The van der Waals surface area contributed by atoms with Gasteiger partial charge in [0.25, 0.3) is 0 Å². The fraction of sp³-hybridized carbons (Fsp3) is 0.714. The second-order valence-corrected chi connectivity index (χ2v) is 8.51. The van der Waals surface area contributed by atoms with Gasteiger partial charge in [0, 0.05) is 25.0 Å². The number of hydrogen-bond acceptors (Lipinski definition) is 3. The molecule has 0 amide bonds. The second kappa shape index (κ2) is 4.86. The number of rotatable bonds is 6. The van der Waals surface area contributed by atoms with Gasteiger partial charge in [0.2, 0.25) is 10.0 Å². The van der Waals surface area contributed by atoms with Gasteiger partial charge in [-0.15, -0.1) is 0 Å². The molecular weight excluding hydrogens is 274 g/mol. The normalized spacial score (nSPS) is 21.1. The SMILES string of the molecule is CNCc1cc(S(=O)(=O)NCC2C(C)(C)C2(C)C)c[nH]1. The summed E-state index contributed by atoms with van der Waals surface area (Å²) < 4.78 is 27.2. The van der Waals surface area contributed by atoms with E-state index in [4.69, 9.17) is 0 Å². The molecule has 0 aromatic carbocycles. The summed E-state index contributed by atoms with van der Waals surface area (Å²) in [5.74, 6) is 0.375. The first-order chi connectivity index (χ1) is 9.13. The van der Waals surface area contributed by atoms with Crippen LogP contribution in [0.1, 0.15) is 33.4 Å². The van der Waals surface area contributed by atoms with Gasteiger partial charge in [-0.2, -0.15) is 0 Å². The van der Waals surface area contributed by atoms with Crippen molar-refractivity contribution in [1.82, 2.24) is 15.0 Å². The summed E-state index contributed by atoms with van der Waals surface area (Å²) >= 11 is 0. The molecule has 1 aliphatic rings. The maximum atomic E-state index is 12.3. The Morgan fingerprint density at radius 1 is 1.25 bits per heavy atom. The molecule has 0 saturated heterocycles. The Morgan fingerprint density at radius 3 is 2.35 bits per heavy atom. The molecule has 1 fully saturated rings. The highest BCUT2D eigenvalue weighted by molar-refractivity contribution is 7.89. The van der Waals surface area contributed by atoms with E-state index in [2.05, 4.69) is 42.7 Å². The van der Waals surface area contributed by atoms with Crippen LogP contribution in [0.15, 0.2) is 17.2 Å². The molecule has 3 N–H and O–H groups in total. The molecule has 1 saturated carbocycles. The Balaban J connectivity index is 2.01. The summed E-state index contributed by atoms with van der Waals surface area (Å²) in [5.41, 5.74) is 1.23. The van der Waals surface area contributed by atoms with Crippen molar-refractivity contribution in [2.45, 2.75) is 39.1 Å². The minimum Gasteiger partial charge on any atom is -0.363 e. The van der Waals surface area contributed by atoms with Crippen LogP contribution in [0.4, 0.5) is 0 Å². The maximum absolute atomic E-state index is 12.3. The molecule has 1 aromatic heterocycles. The molecule has 0 radical (unpaired) electrons. The van der Waals surface area contributed by atoms with Gasteiger partial charge in [-0.25, -0.2) is 13.1 Å². The predicted octanol–water partition coefficient (Wildman–Crippen LogP) is 1.69. The Morgan fingerprint density at radius 2 is 1.85 bits per heavy atom. The van der Waals surface area contributed by atoms with E-state index in [1.165, 1.54) is 6.20 Å². The molecule has 0 spiro atoms. The van der Waals surface area contributed by atoms with E-state index in [0.29, 0.717) is 23.9 Å². The Labute approximate surface area is 121 Å². The molecule has 114 valence electrons. The monoisotopic (exact) mass is 299 g/mol. The number of H-pyrrole nitrogens is 1. The van der Waals surface area contributed by atoms with Gasteiger partial charge >= 0.3 is 0 Å². The highest BCUT2D eigenvalue weighted by atomic mass is 32.2. The number of aromatic amines is 1.